The van der Waals surface area contributed by atoms with Crippen LogP contribution in [0.4, 0.5) is 0 Å². The number of aryl methyl sites for hydroxylation is 1. The normalized spacial score (nSPS) is 11.6. The van der Waals surface area contributed by atoms with Crippen molar-refractivity contribution >= 4 is 11.9 Å². The van der Waals surface area contributed by atoms with Crippen LogP contribution in [-0.2, 0) is 4.74 Å². The molecule has 1 unspecified atom stereocenters. The molecule has 0 bridgehead atoms. The minimum Gasteiger partial charge on any atom is -0.465 e. The van der Waals surface area contributed by atoms with Gasteiger partial charge in [-0.1, -0.05) is 36.4 Å². The Morgan fingerprint density at radius 2 is 1.81 bits per heavy atom. The number of hydrogen-bond acceptors (Lipinski definition) is 5. The molecular formula is C19H18N4O3. The molecule has 0 saturated carbocycles. The van der Waals surface area contributed by atoms with Crippen LogP contribution >= 0.6 is 0 Å². The van der Waals surface area contributed by atoms with Gasteiger partial charge < -0.3 is 10.1 Å². The number of benzene rings is 2. The predicted molar refractivity (Wildman–Crippen MR) is 94.7 cm³/mol. The number of rotatable bonds is 5. The summed E-state index contributed by atoms with van der Waals surface area (Å²) in [7, 11) is 1.30. The van der Waals surface area contributed by atoms with E-state index in [0.717, 1.165) is 5.56 Å². The molecule has 0 saturated heterocycles. The Morgan fingerprint density at radius 3 is 2.46 bits per heavy atom. The first-order valence-electron chi connectivity index (χ1n) is 8.01. The highest BCUT2D eigenvalue weighted by molar-refractivity contribution is 5.98. The molecule has 1 amide bonds. The number of esters is 1. The fourth-order valence-electron chi connectivity index (χ4n) is 2.55. The minimum absolute atomic E-state index is 0.310. The lowest BCUT2D eigenvalue weighted by molar-refractivity contribution is 0.0600. The van der Waals surface area contributed by atoms with E-state index in [-0.39, 0.29) is 5.91 Å². The van der Waals surface area contributed by atoms with Crippen molar-refractivity contribution in [3.05, 3.63) is 82.9 Å². The molecule has 0 radical (unpaired) electrons. The topological polar surface area (TPSA) is 97.0 Å². The molecule has 1 heterocycles. The second kappa shape index (κ2) is 7.60. The summed E-state index contributed by atoms with van der Waals surface area (Å²) in [4.78, 5) is 28.8. The van der Waals surface area contributed by atoms with Gasteiger partial charge in [0.1, 0.15) is 11.9 Å². The summed E-state index contributed by atoms with van der Waals surface area (Å²) in [5.41, 5.74) is 1.51. The zero-order valence-electron chi connectivity index (χ0n) is 14.4. The Labute approximate surface area is 150 Å². The van der Waals surface area contributed by atoms with E-state index >= 15 is 0 Å². The molecule has 0 aliphatic rings. The third-order valence-electron chi connectivity index (χ3n) is 3.83. The van der Waals surface area contributed by atoms with E-state index in [0.29, 0.717) is 22.8 Å². The van der Waals surface area contributed by atoms with Crippen molar-refractivity contribution < 1.29 is 14.3 Å². The van der Waals surface area contributed by atoms with E-state index in [1.54, 1.807) is 25.1 Å². The summed E-state index contributed by atoms with van der Waals surface area (Å²) in [5.74, 6) is 0.282. The highest BCUT2D eigenvalue weighted by atomic mass is 16.5. The number of amides is 1. The molecule has 0 fully saturated rings. The number of nitrogens with zero attached hydrogens (tertiary/aromatic N) is 2. The smallest absolute Gasteiger partial charge is 0.337 e. The maximum absolute atomic E-state index is 12.7. The summed E-state index contributed by atoms with van der Waals surface area (Å²) < 4.78 is 4.70. The highest BCUT2D eigenvalue weighted by Crippen LogP contribution is 2.20. The van der Waals surface area contributed by atoms with Crippen molar-refractivity contribution in [3.8, 4) is 0 Å². The number of aromatic nitrogens is 3. The standard InChI is InChI=1S/C19H18N4O3/c1-12-20-17(23-22-12)16(13-7-4-3-5-8-13)21-18(24)14-9-6-10-15(11-14)19(25)26-2/h3-11,16H,1-2H3,(H,21,24)(H,20,22,23). The van der Waals surface area contributed by atoms with Crippen LogP contribution in [-0.4, -0.2) is 34.2 Å². The van der Waals surface area contributed by atoms with Gasteiger partial charge in [-0.05, 0) is 30.7 Å². The maximum atomic E-state index is 12.7. The first kappa shape index (κ1) is 17.3. The zero-order valence-corrected chi connectivity index (χ0v) is 14.4. The Hall–Kier alpha value is -3.48. The average molecular weight is 350 g/mol. The Bertz CT molecular complexity index is 921. The Balaban J connectivity index is 1.90. The number of ether oxygens (including phenoxy) is 1. The lowest BCUT2D eigenvalue weighted by Gasteiger charge is -2.16. The fraction of sp³-hybridized carbons (Fsp3) is 0.158. The second-order valence-corrected chi connectivity index (χ2v) is 5.67. The first-order chi connectivity index (χ1) is 12.6. The van der Waals surface area contributed by atoms with Crippen LogP contribution in [0.25, 0.3) is 0 Å². The molecule has 0 aliphatic carbocycles. The SMILES string of the molecule is COC(=O)c1cccc(C(=O)NC(c2ccccc2)c2n[nH]c(C)n2)c1. The number of methoxy groups -OCH3 is 1. The van der Waals surface area contributed by atoms with E-state index in [1.165, 1.54) is 13.2 Å². The molecule has 2 N–H and O–H groups in total. The van der Waals surface area contributed by atoms with E-state index in [1.807, 2.05) is 30.3 Å². The van der Waals surface area contributed by atoms with Gasteiger partial charge in [0.2, 0.25) is 0 Å². The van der Waals surface area contributed by atoms with E-state index in [4.69, 9.17) is 4.74 Å². The zero-order chi connectivity index (χ0) is 18.5. The third-order valence-corrected chi connectivity index (χ3v) is 3.83. The van der Waals surface area contributed by atoms with Crippen molar-refractivity contribution in [1.82, 2.24) is 20.5 Å². The van der Waals surface area contributed by atoms with E-state index in [9.17, 15) is 9.59 Å². The molecule has 0 spiro atoms. The predicted octanol–water partition coefficient (Wildman–Crippen LogP) is 2.42. The van der Waals surface area contributed by atoms with Crippen LogP contribution in [0, 0.1) is 6.92 Å². The summed E-state index contributed by atoms with van der Waals surface area (Å²) >= 11 is 0. The van der Waals surface area contributed by atoms with Crippen molar-refractivity contribution in [1.29, 1.82) is 0 Å². The van der Waals surface area contributed by atoms with E-state index < -0.39 is 12.0 Å². The first-order valence-corrected chi connectivity index (χ1v) is 8.01. The largest absolute Gasteiger partial charge is 0.465 e. The van der Waals surface area contributed by atoms with Gasteiger partial charge in [-0.25, -0.2) is 9.78 Å². The maximum Gasteiger partial charge on any atom is 0.337 e. The Morgan fingerprint density at radius 1 is 1.08 bits per heavy atom. The van der Waals surface area contributed by atoms with Crippen LogP contribution < -0.4 is 5.32 Å². The van der Waals surface area contributed by atoms with Crippen LogP contribution in [0.2, 0.25) is 0 Å². The third kappa shape index (κ3) is 3.77. The van der Waals surface area contributed by atoms with Gasteiger partial charge in [0.15, 0.2) is 5.82 Å². The average Bonchev–Trinajstić information content (AvgIpc) is 3.12. The number of carbonyl (C=O) groups is 2. The van der Waals surface area contributed by atoms with Crippen molar-refractivity contribution in [2.24, 2.45) is 0 Å². The molecule has 7 nitrogen and oxygen atoms in total. The van der Waals surface area contributed by atoms with Gasteiger partial charge in [-0.15, -0.1) is 0 Å². The van der Waals surface area contributed by atoms with Crippen LogP contribution in [0.3, 0.4) is 0 Å². The number of aromatic amines is 1. The summed E-state index contributed by atoms with van der Waals surface area (Å²) in [6.45, 7) is 1.79. The van der Waals surface area contributed by atoms with Crippen molar-refractivity contribution in [2.75, 3.05) is 7.11 Å². The molecule has 7 heteroatoms. The van der Waals surface area contributed by atoms with Gasteiger partial charge in [-0.3, -0.25) is 9.89 Å². The molecule has 3 aromatic rings. The molecular weight excluding hydrogens is 332 g/mol. The number of nitrogens with one attached hydrogen (secondary N) is 2. The number of hydrogen-bond donors (Lipinski definition) is 2. The summed E-state index contributed by atoms with van der Waals surface area (Å²) in [6, 6.07) is 15.3. The lowest BCUT2D eigenvalue weighted by Crippen LogP contribution is -2.30. The quantitative estimate of drug-likeness (QED) is 0.689. The molecule has 3 rings (SSSR count). The van der Waals surface area contributed by atoms with Gasteiger partial charge in [0.25, 0.3) is 5.91 Å². The minimum atomic E-state index is -0.518. The number of H-pyrrole nitrogens is 1. The lowest BCUT2D eigenvalue weighted by atomic mass is 10.0. The summed E-state index contributed by atoms with van der Waals surface area (Å²) in [5, 5.41) is 9.89. The molecule has 1 aromatic heterocycles. The van der Waals surface area contributed by atoms with Gasteiger partial charge in [0.05, 0.1) is 12.7 Å². The van der Waals surface area contributed by atoms with Crippen LogP contribution in [0.15, 0.2) is 54.6 Å². The van der Waals surface area contributed by atoms with Crippen molar-refractivity contribution in [3.63, 3.8) is 0 Å². The molecule has 1 atom stereocenters. The summed E-state index contributed by atoms with van der Waals surface area (Å²) in [6.07, 6.45) is 0. The number of carbonyl (C=O) groups excluding carboxylic acids is 2. The van der Waals surface area contributed by atoms with Gasteiger partial charge in [-0.2, -0.15) is 5.10 Å². The molecule has 132 valence electrons. The molecule has 2 aromatic carbocycles. The second-order valence-electron chi connectivity index (χ2n) is 5.67. The Kier molecular flexibility index (Phi) is 5.07. The highest BCUT2D eigenvalue weighted by Gasteiger charge is 2.22. The van der Waals surface area contributed by atoms with Crippen LogP contribution in [0.1, 0.15) is 44.0 Å². The molecule has 0 aliphatic heterocycles. The van der Waals surface area contributed by atoms with E-state index in [2.05, 4.69) is 20.5 Å². The van der Waals surface area contributed by atoms with Gasteiger partial charge >= 0.3 is 5.97 Å². The van der Waals surface area contributed by atoms with Gasteiger partial charge in [0, 0.05) is 5.56 Å². The fourth-order valence-corrected chi connectivity index (χ4v) is 2.55. The van der Waals surface area contributed by atoms with Crippen molar-refractivity contribution in [2.45, 2.75) is 13.0 Å². The molecule has 26 heavy (non-hydrogen) atoms. The monoisotopic (exact) mass is 350 g/mol. The van der Waals surface area contributed by atoms with Crippen LogP contribution in [0.5, 0.6) is 0 Å².